The predicted molar refractivity (Wildman–Crippen MR) is 97.3 cm³/mol. The molecule has 140 valence electrons. The molecule has 0 aliphatic carbocycles. The second-order valence-corrected chi connectivity index (χ2v) is 8.66. The SMILES string of the molecule is COc1ccc(S(=O)(=O)N2CCCN(C(=O)C(C)C)CC2)c(C)c1C. The third-order valence-electron chi connectivity index (χ3n) is 4.79. The second-order valence-electron chi connectivity index (χ2n) is 6.75. The van der Waals surface area contributed by atoms with Crippen LogP contribution in [-0.4, -0.2) is 56.8 Å². The number of hydrogen-bond acceptors (Lipinski definition) is 4. The minimum absolute atomic E-state index is 0.0744. The van der Waals surface area contributed by atoms with Crippen LogP contribution in [0, 0.1) is 19.8 Å². The molecule has 1 aromatic rings. The minimum Gasteiger partial charge on any atom is -0.496 e. The van der Waals surface area contributed by atoms with Crippen LogP contribution in [-0.2, 0) is 14.8 Å². The Bertz CT molecular complexity index is 744. The van der Waals surface area contributed by atoms with Gasteiger partial charge in [-0.15, -0.1) is 0 Å². The molecule has 1 heterocycles. The Balaban J connectivity index is 2.26. The summed E-state index contributed by atoms with van der Waals surface area (Å²) in [7, 11) is -2.02. The van der Waals surface area contributed by atoms with E-state index in [4.69, 9.17) is 4.74 Å². The van der Waals surface area contributed by atoms with Crippen LogP contribution < -0.4 is 4.74 Å². The lowest BCUT2D eigenvalue weighted by Crippen LogP contribution is -2.39. The highest BCUT2D eigenvalue weighted by Gasteiger charge is 2.30. The Morgan fingerprint density at radius 1 is 1.08 bits per heavy atom. The zero-order valence-electron chi connectivity index (χ0n) is 15.7. The van der Waals surface area contributed by atoms with E-state index in [9.17, 15) is 13.2 Å². The van der Waals surface area contributed by atoms with Gasteiger partial charge in [0.15, 0.2) is 0 Å². The summed E-state index contributed by atoms with van der Waals surface area (Å²) < 4.78 is 33.0. The molecule has 1 aliphatic rings. The molecule has 0 saturated carbocycles. The fourth-order valence-corrected chi connectivity index (χ4v) is 4.88. The highest BCUT2D eigenvalue weighted by molar-refractivity contribution is 7.89. The van der Waals surface area contributed by atoms with Crippen LogP contribution in [0.1, 0.15) is 31.4 Å². The standard InChI is InChI=1S/C18H28N2O4S/c1-13(2)18(21)19-9-6-10-20(12-11-19)25(22,23)17-8-7-16(24-5)14(3)15(17)4/h7-8,13H,6,9-12H2,1-5H3. The molecule has 0 unspecified atom stereocenters. The Hall–Kier alpha value is -1.60. The first-order valence-corrected chi connectivity index (χ1v) is 10.1. The van der Waals surface area contributed by atoms with Gasteiger partial charge in [-0.25, -0.2) is 8.42 Å². The third-order valence-corrected chi connectivity index (χ3v) is 6.83. The number of amides is 1. The maximum absolute atomic E-state index is 13.1. The quantitative estimate of drug-likeness (QED) is 0.817. The maximum Gasteiger partial charge on any atom is 0.243 e. The highest BCUT2D eigenvalue weighted by Crippen LogP contribution is 2.29. The summed E-state index contributed by atoms with van der Waals surface area (Å²) in [5.74, 6) is 0.686. The Morgan fingerprint density at radius 2 is 1.76 bits per heavy atom. The number of methoxy groups -OCH3 is 1. The Morgan fingerprint density at radius 3 is 2.36 bits per heavy atom. The fraction of sp³-hybridized carbons (Fsp3) is 0.611. The molecule has 0 N–H and O–H groups in total. The molecular formula is C18H28N2O4S. The maximum atomic E-state index is 13.1. The molecule has 0 spiro atoms. The van der Waals surface area contributed by atoms with E-state index in [0.29, 0.717) is 48.8 Å². The fourth-order valence-electron chi connectivity index (χ4n) is 3.13. The van der Waals surface area contributed by atoms with Crippen molar-refractivity contribution in [2.75, 3.05) is 33.3 Å². The van der Waals surface area contributed by atoms with Gasteiger partial charge in [0.1, 0.15) is 5.75 Å². The van der Waals surface area contributed by atoms with Crippen LogP contribution in [0.3, 0.4) is 0 Å². The van der Waals surface area contributed by atoms with Crippen molar-refractivity contribution < 1.29 is 17.9 Å². The summed E-state index contributed by atoms with van der Waals surface area (Å²) >= 11 is 0. The van der Waals surface area contributed by atoms with Gasteiger partial charge in [0.05, 0.1) is 12.0 Å². The number of rotatable bonds is 4. The number of hydrogen-bond donors (Lipinski definition) is 0. The number of carbonyl (C=O) groups is 1. The molecule has 1 aliphatic heterocycles. The summed E-state index contributed by atoms with van der Waals surface area (Å²) in [4.78, 5) is 14.3. The van der Waals surface area contributed by atoms with Gasteiger partial charge in [-0.05, 0) is 43.5 Å². The lowest BCUT2D eigenvalue weighted by Gasteiger charge is -2.24. The minimum atomic E-state index is -3.59. The lowest BCUT2D eigenvalue weighted by atomic mass is 10.1. The van der Waals surface area contributed by atoms with Crippen molar-refractivity contribution in [3.05, 3.63) is 23.3 Å². The molecule has 0 bridgehead atoms. The van der Waals surface area contributed by atoms with Crippen LogP contribution in [0.4, 0.5) is 0 Å². The summed E-state index contributed by atoms with van der Waals surface area (Å²) in [5.41, 5.74) is 1.54. The summed E-state index contributed by atoms with van der Waals surface area (Å²) in [6.07, 6.45) is 0.645. The molecule has 7 heteroatoms. The average Bonchev–Trinajstić information content (AvgIpc) is 2.82. The van der Waals surface area contributed by atoms with Crippen LogP contribution in [0.5, 0.6) is 5.75 Å². The molecule has 1 saturated heterocycles. The van der Waals surface area contributed by atoms with Crippen molar-refractivity contribution in [3.63, 3.8) is 0 Å². The van der Waals surface area contributed by atoms with Gasteiger partial charge in [-0.1, -0.05) is 13.8 Å². The smallest absolute Gasteiger partial charge is 0.243 e. The van der Waals surface area contributed by atoms with Crippen molar-refractivity contribution in [2.45, 2.75) is 39.0 Å². The number of benzene rings is 1. The summed E-state index contributed by atoms with van der Waals surface area (Å²) in [6, 6.07) is 3.31. The van der Waals surface area contributed by atoms with E-state index in [1.54, 1.807) is 31.1 Å². The van der Waals surface area contributed by atoms with Gasteiger partial charge < -0.3 is 9.64 Å². The number of ether oxygens (including phenoxy) is 1. The third kappa shape index (κ3) is 3.98. The van der Waals surface area contributed by atoms with E-state index in [1.807, 2.05) is 20.8 Å². The molecule has 25 heavy (non-hydrogen) atoms. The van der Waals surface area contributed by atoms with Gasteiger partial charge in [0.25, 0.3) is 0 Å². The van der Waals surface area contributed by atoms with Crippen LogP contribution in [0.2, 0.25) is 0 Å². The largest absolute Gasteiger partial charge is 0.496 e. The van der Waals surface area contributed by atoms with Crippen LogP contribution in [0.15, 0.2) is 17.0 Å². The molecule has 1 fully saturated rings. The van der Waals surface area contributed by atoms with Crippen LogP contribution >= 0.6 is 0 Å². The Labute approximate surface area is 150 Å². The molecule has 0 radical (unpaired) electrons. The molecule has 0 atom stereocenters. The van der Waals surface area contributed by atoms with E-state index < -0.39 is 10.0 Å². The molecule has 1 aromatic carbocycles. The lowest BCUT2D eigenvalue weighted by molar-refractivity contribution is -0.134. The molecule has 1 amide bonds. The van der Waals surface area contributed by atoms with Crippen molar-refractivity contribution in [2.24, 2.45) is 5.92 Å². The Kier molecular flexibility index (Phi) is 6.11. The van der Waals surface area contributed by atoms with Crippen LogP contribution in [0.25, 0.3) is 0 Å². The van der Waals surface area contributed by atoms with Crippen molar-refractivity contribution in [1.29, 1.82) is 0 Å². The molecule has 2 rings (SSSR count). The zero-order chi connectivity index (χ0) is 18.8. The van der Waals surface area contributed by atoms with Gasteiger partial charge in [0.2, 0.25) is 15.9 Å². The van der Waals surface area contributed by atoms with E-state index in [-0.39, 0.29) is 11.8 Å². The molecule has 0 aromatic heterocycles. The van der Waals surface area contributed by atoms with E-state index in [2.05, 4.69) is 0 Å². The van der Waals surface area contributed by atoms with Gasteiger partial charge in [-0.2, -0.15) is 4.31 Å². The second kappa shape index (κ2) is 7.74. The summed E-state index contributed by atoms with van der Waals surface area (Å²) in [5, 5.41) is 0. The monoisotopic (exact) mass is 368 g/mol. The van der Waals surface area contributed by atoms with Crippen molar-refractivity contribution >= 4 is 15.9 Å². The first-order chi connectivity index (χ1) is 11.7. The molecule has 6 nitrogen and oxygen atoms in total. The highest BCUT2D eigenvalue weighted by atomic mass is 32.2. The normalized spacial score (nSPS) is 16.8. The zero-order valence-corrected chi connectivity index (χ0v) is 16.5. The van der Waals surface area contributed by atoms with Gasteiger partial charge in [-0.3, -0.25) is 4.79 Å². The number of sulfonamides is 1. The number of carbonyl (C=O) groups excluding carboxylic acids is 1. The first kappa shape index (κ1) is 19.7. The van der Waals surface area contributed by atoms with Crippen molar-refractivity contribution in [1.82, 2.24) is 9.21 Å². The van der Waals surface area contributed by atoms with Crippen molar-refractivity contribution in [3.8, 4) is 5.75 Å². The summed E-state index contributed by atoms with van der Waals surface area (Å²) in [6.45, 7) is 9.18. The predicted octanol–water partition coefficient (Wildman–Crippen LogP) is 2.19. The number of nitrogens with zero attached hydrogens (tertiary/aromatic N) is 2. The first-order valence-electron chi connectivity index (χ1n) is 8.63. The topological polar surface area (TPSA) is 66.9 Å². The average molecular weight is 368 g/mol. The van der Waals surface area contributed by atoms with Gasteiger partial charge >= 0.3 is 0 Å². The van der Waals surface area contributed by atoms with E-state index in [0.717, 1.165) is 5.56 Å². The van der Waals surface area contributed by atoms with Gasteiger partial charge in [0, 0.05) is 32.1 Å². The molecular weight excluding hydrogens is 340 g/mol. The van der Waals surface area contributed by atoms with E-state index in [1.165, 1.54) is 4.31 Å². The van der Waals surface area contributed by atoms with E-state index >= 15 is 0 Å².